The summed E-state index contributed by atoms with van der Waals surface area (Å²) in [4.78, 5) is 11.8. The van der Waals surface area contributed by atoms with E-state index < -0.39 is 6.10 Å². The van der Waals surface area contributed by atoms with Crippen LogP contribution in [0.2, 0.25) is 0 Å². The van der Waals surface area contributed by atoms with E-state index in [1.165, 1.54) is 0 Å². The quantitative estimate of drug-likeness (QED) is 0.748. The van der Waals surface area contributed by atoms with Gasteiger partial charge in [0.05, 0.1) is 6.10 Å². The van der Waals surface area contributed by atoms with Crippen LogP contribution in [0.1, 0.15) is 37.8 Å². The Balaban J connectivity index is 2.48. The summed E-state index contributed by atoms with van der Waals surface area (Å²) in [5.41, 5.74) is 2.99. The predicted molar refractivity (Wildman–Crippen MR) is 83.0 cm³/mol. The molecule has 1 aromatic rings. The van der Waals surface area contributed by atoms with Crippen LogP contribution in [0.25, 0.3) is 0 Å². The summed E-state index contributed by atoms with van der Waals surface area (Å²) in [7, 11) is 0. The Kier molecular flexibility index (Phi) is 6.52. The van der Waals surface area contributed by atoms with Gasteiger partial charge in [0.25, 0.3) is 0 Å². The summed E-state index contributed by atoms with van der Waals surface area (Å²) in [5, 5.41) is 15.5. The molecule has 20 heavy (non-hydrogen) atoms. The highest BCUT2D eigenvalue weighted by Crippen LogP contribution is 2.16. The van der Waals surface area contributed by atoms with Gasteiger partial charge in [-0.05, 0) is 31.4 Å². The molecule has 0 saturated carbocycles. The molecule has 0 radical (unpaired) electrons. The fourth-order valence-corrected chi connectivity index (χ4v) is 2.32. The van der Waals surface area contributed by atoms with Crippen molar-refractivity contribution in [2.45, 2.75) is 46.6 Å². The second kappa shape index (κ2) is 7.90. The van der Waals surface area contributed by atoms with Crippen LogP contribution >= 0.6 is 0 Å². The summed E-state index contributed by atoms with van der Waals surface area (Å²) in [6.07, 6.45) is 1.34. The fraction of sp³-hybridized carbons (Fsp3) is 0.562. The number of carbonyl (C=O) groups is 1. The molecule has 4 heteroatoms. The molecule has 0 saturated heterocycles. The van der Waals surface area contributed by atoms with Crippen LogP contribution in [0, 0.1) is 19.8 Å². The van der Waals surface area contributed by atoms with E-state index in [0.29, 0.717) is 0 Å². The Morgan fingerprint density at radius 2 is 1.90 bits per heavy atom. The zero-order chi connectivity index (χ0) is 15.1. The van der Waals surface area contributed by atoms with Crippen molar-refractivity contribution in [3.63, 3.8) is 0 Å². The first-order valence-corrected chi connectivity index (χ1v) is 7.28. The average molecular weight is 278 g/mol. The molecule has 112 valence electrons. The smallest absolute Gasteiger partial charge is 0.319 e. The van der Waals surface area contributed by atoms with Crippen LogP contribution in [0.3, 0.4) is 0 Å². The van der Waals surface area contributed by atoms with Gasteiger partial charge in [0.2, 0.25) is 0 Å². The first kappa shape index (κ1) is 16.5. The highest BCUT2D eigenvalue weighted by atomic mass is 16.3. The molecule has 1 rings (SSSR count). The molecule has 0 spiro atoms. The summed E-state index contributed by atoms with van der Waals surface area (Å²) in [5.74, 6) is 0.233. The van der Waals surface area contributed by atoms with Crippen molar-refractivity contribution in [3.8, 4) is 0 Å². The SMILES string of the molecule is CCC(CC)C(O)CNC(=O)Nc1ccc(C)cc1C. The largest absolute Gasteiger partial charge is 0.391 e. The van der Waals surface area contributed by atoms with E-state index in [2.05, 4.69) is 10.6 Å². The Morgan fingerprint density at radius 1 is 1.25 bits per heavy atom. The van der Waals surface area contributed by atoms with Crippen LogP contribution in [-0.4, -0.2) is 23.8 Å². The van der Waals surface area contributed by atoms with Crippen molar-refractivity contribution >= 4 is 11.7 Å². The highest BCUT2D eigenvalue weighted by molar-refractivity contribution is 5.90. The molecule has 4 nitrogen and oxygen atoms in total. The molecule has 2 amide bonds. The lowest BCUT2D eigenvalue weighted by molar-refractivity contribution is 0.104. The number of anilines is 1. The van der Waals surface area contributed by atoms with Gasteiger partial charge in [-0.3, -0.25) is 0 Å². The minimum Gasteiger partial charge on any atom is -0.391 e. The molecule has 1 aromatic carbocycles. The number of hydrogen-bond donors (Lipinski definition) is 3. The molecule has 3 N–H and O–H groups in total. The number of urea groups is 1. The summed E-state index contributed by atoms with van der Waals surface area (Å²) in [6, 6.07) is 5.60. The number of hydrogen-bond acceptors (Lipinski definition) is 2. The third kappa shape index (κ3) is 4.85. The first-order chi connectivity index (χ1) is 9.47. The minimum atomic E-state index is -0.491. The van der Waals surface area contributed by atoms with Crippen LogP contribution in [-0.2, 0) is 0 Å². The van der Waals surface area contributed by atoms with E-state index in [1.54, 1.807) is 0 Å². The Labute approximate surface area is 121 Å². The maximum Gasteiger partial charge on any atom is 0.319 e. The summed E-state index contributed by atoms with van der Waals surface area (Å²) in [6.45, 7) is 8.35. The van der Waals surface area contributed by atoms with Gasteiger partial charge in [0.1, 0.15) is 0 Å². The summed E-state index contributed by atoms with van der Waals surface area (Å²) < 4.78 is 0. The second-order valence-electron chi connectivity index (χ2n) is 5.30. The highest BCUT2D eigenvalue weighted by Gasteiger charge is 2.16. The van der Waals surface area contributed by atoms with Crippen molar-refractivity contribution in [2.24, 2.45) is 5.92 Å². The number of aliphatic hydroxyl groups is 1. The van der Waals surface area contributed by atoms with E-state index in [-0.39, 0.29) is 18.5 Å². The van der Waals surface area contributed by atoms with Crippen molar-refractivity contribution in [1.29, 1.82) is 0 Å². The number of amides is 2. The Bertz CT molecular complexity index is 442. The molecule has 0 fully saturated rings. The molecule has 0 aliphatic rings. The predicted octanol–water partition coefficient (Wildman–Crippen LogP) is 3.22. The summed E-state index contributed by atoms with van der Waals surface area (Å²) >= 11 is 0. The number of aryl methyl sites for hydroxylation is 2. The van der Waals surface area contributed by atoms with Crippen LogP contribution in [0.15, 0.2) is 18.2 Å². The molecule has 0 bridgehead atoms. The Hall–Kier alpha value is -1.55. The number of nitrogens with one attached hydrogen (secondary N) is 2. The minimum absolute atomic E-state index is 0.233. The second-order valence-corrected chi connectivity index (χ2v) is 5.30. The van der Waals surface area contributed by atoms with Crippen LogP contribution < -0.4 is 10.6 Å². The molecular weight excluding hydrogens is 252 g/mol. The number of benzene rings is 1. The molecule has 0 aliphatic heterocycles. The Morgan fingerprint density at radius 3 is 2.45 bits per heavy atom. The van der Waals surface area contributed by atoms with E-state index in [1.807, 2.05) is 45.9 Å². The zero-order valence-corrected chi connectivity index (χ0v) is 12.9. The number of aliphatic hydroxyl groups excluding tert-OH is 1. The normalized spacial score (nSPS) is 12.3. The number of rotatable bonds is 6. The molecule has 0 aromatic heterocycles. The lowest BCUT2D eigenvalue weighted by atomic mass is 9.97. The monoisotopic (exact) mass is 278 g/mol. The lowest BCUT2D eigenvalue weighted by Gasteiger charge is -2.20. The third-order valence-corrected chi connectivity index (χ3v) is 3.69. The molecule has 0 heterocycles. The van der Waals surface area contributed by atoms with E-state index in [4.69, 9.17) is 0 Å². The van der Waals surface area contributed by atoms with Gasteiger partial charge in [-0.1, -0.05) is 44.4 Å². The van der Waals surface area contributed by atoms with Gasteiger partial charge in [-0.2, -0.15) is 0 Å². The van der Waals surface area contributed by atoms with Crippen molar-refractivity contribution in [1.82, 2.24) is 5.32 Å². The third-order valence-electron chi connectivity index (χ3n) is 3.69. The molecule has 0 aliphatic carbocycles. The zero-order valence-electron chi connectivity index (χ0n) is 12.9. The fourth-order valence-electron chi connectivity index (χ4n) is 2.32. The molecular formula is C16H26N2O2. The standard InChI is InChI=1S/C16H26N2O2/c1-5-13(6-2)15(19)10-17-16(20)18-14-8-7-11(3)9-12(14)4/h7-9,13,15,19H,5-6,10H2,1-4H3,(H2,17,18,20). The maximum absolute atomic E-state index is 11.8. The molecule has 1 unspecified atom stereocenters. The average Bonchev–Trinajstić information content (AvgIpc) is 2.41. The number of carbonyl (C=O) groups excluding carboxylic acids is 1. The van der Waals surface area contributed by atoms with Crippen molar-refractivity contribution < 1.29 is 9.90 Å². The van der Waals surface area contributed by atoms with E-state index >= 15 is 0 Å². The van der Waals surface area contributed by atoms with Gasteiger partial charge in [-0.25, -0.2) is 4.79 Å². The molecule has 1 atom stereocenters. The van der Waals surface area contributed by atoms with E-state index in [0.717, 1.165) is 29.7 Å². The van der Waals surface area contributed by atoms with Crippen LogP contribution in [0.4, 0.5) is 10.5 Å². The van der Waals surface area contributed by atoms with Gasteiger partial charge in [0, 0.05) is 12.2 Å². The van der Waals surface area contributed by atoms with Gasteiger partial charge in [-0.15, -0.1) is 0 Å². The van der Waals surface area contributed by atoms with Gasteiger partial charge >= 0.3 is 6.03 Å². The lowest BCUT2D eigenvalue weighted by Crippen LogP contribution is -2.38. The van der Waals surface area contributed by atoms with Crippen molar-refractivity contribution in [2.75, 3.05) is 11.9 Å². The first-order valence-electron chi connectivity index (χ1n) is 7.28. The van der Waals surface area contributed by atoms with Crippen LogP contribution in [0.5, 0.6) is 0 Å². The van der Waals surface area contributed by atoms with E-state index in [9.17, 15) is 9.90 Å². The van der Waals surface area contributed by atoms with Gasteiger partial charge in [0.15, 0.2) is 0 Å². The van der Waals surface area contributed by atoms with Gasteiger partial charge < -0.3 is 15.7 Å². The topological polar surface area (TPSA) is 61.4 Å². The van der Waals surface area contributed by atoms with Crippen molar-refractivity contribution in [3.05, 3.63) is 29.3 Å². The maximum atomic E-state index is 11.8.